The number of hydrogen-bond donors (Lipinski definition) is 2. The Kier molecular flexibility index (Phi) is 4.82. The zero-order chi connectivity index (χ0) is 15.6. The van der Waals surface area contributed by atoms with Crippen LogP contribution in [-0.4, -0.2) is 22.0 Å². The van der Waals surface area contributed by atoms with Crippen molar-refractivity contribution >= 4 is 56.7 Å². The van der Waals surface area contributed by atoms with Crippen LogP contribution in [0.1, 0.15) is 20.8 Å². The monoisotopic (exact) mass is 388 g/mol. The lowest BCUT2D eigenvalue weighted by molar-refractivity contribution is 0.0690. The standard InChI is InChI=1S/C13H7BrCl2N2O3/c14-7-4-8(15)11(9(16)5-7)18-12(19)6-1-2-17-10(3-6)13(20)21/h1-5H,(H,18,19)(H,20,21). The van der Waals surface area contributed by atoms with Gasteiger partial charge in [-0.25, -0.2) is 9.78 Å². The van der Waals surface area contributed by atoms with Gasteiger partial charge in [-0.2, -0.15) is 0 Å². The highest BCUT2D eigenvalue weighted by atomic mass is 79.9. The van der Waals surface area contributed by atoms with Crippen molar-refractivity contribution in [1.29, 1.82) is 0 Å². The van der Waals surface area contributed by atoms with Crippen molar-refractivity contribution in [3.05, 3.63) is 56.2 Å². The lowest BCUT2D eigenvalue weighted by atomic mass is 10.2. The Morgan fingerprint density at radius 3 is 2.38 bits per heavy atom. The molecule has 8 heteroatoms. The Balaban J connectivity index is 2.30. The number of carboxylic acids is 1. The second-order valence-corrected chi connectivity index (χ2v) is 5.66. The molecule has 0 unspecified atom stereocenters. The van der Waals surface area contributed by atoms with Crippen molar-refractivity contribution in [3.63, 3.8) is 0 Å². The second kappa shape index (κ2) is 6.43. The molecule has 21 heavy (non-hydrogen) atoms. The number of carboxylic acid groups (broad SMARTS) is 1. The van der Waals surface area contributed by atoms with Crippen LogP contribution in [0, 0.1) is 0 Å². The van der Waals surface area contributed by atoms with Gasteiger partial charge >= 0.3 is 5.97 Å². The molecule has 0 radical (unpaired) electrons. The van der Waals surface area contributed by atoms with E-state index in [2.05, 4.69) is 26.2 Å². The third kappa shape index (κ3) is 3.72. The van der Waals surface area contributed by atoms with Crippen LogP contribution in [0.15, 0.2) is 34.9 Å². The zero-order valence-corrected chi connectivity index (χ0v) is 13.3. The van der Waals surface area contributed by atoms with Gasteiger partial charge < -0.3 is 10.4 Å². The summed E-state index contributed by atoms with van der Waals surface area (Å²) in [6.45, 7) is 0. The van der Waals surface area contributed by atoms with E-state index in [-0.39, 0.29) is 27.0 Å². The molecule has 108 valence electrons. The number of halogens is 3. The van der Waals surface area contributed by atoms with Gasteiger partial charge in [0.2, 0.25) is 0 Å². The number of benzene rings is 1. The summed E-state index contributed by atoms with van der Waals surface area (Å²) in [5.41, 5.74) is 0.160. The minimum absolute atomic E-state index is 0.137. The predicted molar refractivity (Wildman–Crippen MR) is 83.3 cm³/mol. The molecule has 0 spiro atoms. The number of aromatic carboxylic acids is 1. The minimum Gasteiger partial charge on any atom is -0.477 e. The lowest BCUT2D eigenvalue weighted by Gasteiger charge is -2.10. The van der Waals surface area contributed by atoms with E-state index in [9.17, 15) is 9.59 Å². The van der Waals surface area contributed by atoms with Crippen molar-refractivity contribution in [2.75, 3.05) is 5.32 Å². The topological polar surface area (TPSA) is 79.3 Å². The van der Waals surface area contributed by atoms with E-state index in [0.717, 1.165) is 0 Å². The number of pyridine rings is 1. The molecule has 1 aromatic carbocycles. The van der Waals surface area contributed by atoms with E-state index < -0.39 is 11.9 Å². The van der Waals surface area contributed by atoms with E-state index >= 15 is 0 Å². The van der Waals surface area contributed by atoms with Crippen LogP contribution in [0.3, 0.4) is 0 Å². The molecule has 2 N–H and O–H groups in total. The summed E-state index contributed by atoms with van der Waals surface area (Å²) in [6, 6.07) is 5.72. The fraction of sp³-hybridized carbons (Fsp3) is 0. The molecule has 0 atom stereocenters. The highest BCUT2D eigenvalue weighted by Gasteiger charge is 2.14. The maximum atomic E-state index is 12.1. The lowest BCUT2D eigenvalue weighted by Crippen LogP contribution is -2.14. The van der Waals surface area contributed by atoms with Gasteiger partial charge in [0, 0.05) is 16.2 Å². The molecule has 0 saturated heterocycles. The summed E-state index contributed by atoms with van der Waals surface area (Å²) in [5, 5.41) is 11.9. The van der Waals surface area contributed by atoms with Crippen LogP contribution in [0.25, 0.3) is 0 Å². The van der Waals surface area contributed by atoms with Gasteiger partial charge in [-0.15, -0.1) is 0 Å². The normalized spacial score (nSPS) is 10.2. The Bertz CT molecular complexity index is 714. The fourth-order valence-electron chi connectivity index (χ4n) is 1.54. The molecule has 0 aliphatic heterocycles. The van der Waals surface area contributed by atoms with Gasteiger partial charge in [-0.05, 0) is 24.3 Å². The third-order valence-corrected chi connectivity index (χ3v) is 3.54. The van der Waals surface area contributed by atoms with Crippen molar-refractivity contribution < 1.29 is 14.7 Å². The minimum atomic E-state index is -1.22. The largest absolute Gasteiger partial charge is 0.477 e. The molecule has 1 amide bonds. The Labute approximate surface area is 138 Å². The molecular formula is C13H7BrCl2N2O3. The van der Waals surface area contributed by atoms with Crippen LogP contribution in [0.2, 0.25) is 10.0 Å². The number of anilines is 1. The first-order valence-electron chi connectivity index (χ1n) is 5.53. The van der Waals surface area contributed by atoms with Gasteiger partial charge in [-0.1, -0.05) is 39.1 Å². The van der Waals surface area contributed by atoms with E-state index in [4.69, 9.17) is 28.3 Å². The van der Waals surface area contributed by atoms with Crippen molar-refractivity contribution in [2.24, 2.45) is 0 Å². The third-order valence-electron chi connectivity index (χ3n) is 2.49. The fourth-order valence-corrected chi connectivity index (χ4v) is 2.84. The highest BCUT2D eigenvalue weighted by Crippen LogP contribution is 2.34. The Morgan fingerprint density at radius 1 is 1.19 bits per heavy atom. The number of carbonyl (C=O) groups is 2. The quantitative estimate of drug-likeness (QED) is 0.828. The number of nitrogens with zero attached hydrogens (tertiary/aromatic N) is 1. The molecule has 5 nitrogen and oxygen atoms in total. The number of hydrogen-bond acceptors (Lipinski definition) is 3. The summed E-state index contributed by atoms with van der Waals surface area (Å²) < 4.78 is 0.674. The molecule has 0 fully saturated rings. The first-order chi connectivity index (χ1) is 9.88. The van der Waals surface area contributed by atoms with E-state index in [0.29, 0.717) is 4.47 Å². The van der Waals surface area contributed by atoms with Crippen LogP contribution in [0.5, 0.6) is 0 Å². The summed E-state index contributed by atoms with van der Waals surface area (Å²) in [4.78, 5) is 26.6. The number of amides is 1. The number of nitrogens with one attached hydrogen (secondary N) is 1. The zero-order valence-electron chi connectivity index (χ0n) is 10.2. The molecule has 0 aliphatic rings. The maximum absolute atomic E-state index is 12.1. The first-order valence-corrected chi connectivity index (χ1v) is 7.08. The summed E-state index contributed by atoms with van der Waals surface area (Å²) in [6.07, 6.45) is 1.24. The molecule has 0 bridgehead atoms. The van der Waals surface area contributed by atoms with Crippen molar-refractivity contribution in [1.82, 2.24) is 4.98 Å². The van der Waals surface area contributed by atoms with Gasteiger partial charge in [0.1, 0.15) is 5.69 Å². The number of aromatic nitrogens is 1. The SMILES string of the molecule is O=C(Nc1c(Cl)cc(Br)cc1Cl)c1ccnc(C(=O)O)c1. The van der Waals surface area contributed by atoms with Gasteiger partial charge in [0.25, 0.3) is 5.91 Å². The maximum Gasteiger partial charge on any atom is 0.354 e. The molecule has 1 aromatic heterocycles. The van der Waals surface area contributed by atoms with Crippen molar-refractivity contribution in [2.45, 2.75) is 0 Å². The van der Waals surface area contributed by atoms with Crippen molar-refractivity contribution in [3.8, 4) is 0 Å². The van der Waals surface area contributed by atoms with E-state index in [1.165, 1.54) is 18.3 Å². The Morgan fingerprint density at radius 2 is 1.81 bits per heavy atom. The van der Waals surface area contributed by atoms with Crippen LogP contribution < -0.4 is 5.32 Å². The smallest absolute Gasteiger partial charge is 0.354 e. The first kappa shape index (κ1) is 15.8. The molecule has 1 heterocycles. The van der Waals surface area contributed by atoms with Gasteiger partial charge in [0.15, 0.2) is 0 Å². The molecule has 0 saturated carbocycles. The van der Waals surface area contributed by atoms with Crippen LogP contribution >= 0.6 is 39.1 Å². The number of carbonyl (C=O) groups excluding carboxylic acids is 1. The van der Waals surface area contributed by atoms with Crippen LogP contribution in [-0.2, 0) is 0 Å². The molecule has 2 rings (SSSR count). The summed E-state index contributed by atoms with van der Waals surface area (Å²) in [7, 11) is 0. The number of rotatable bonds is 3. The molecular weight excluding hydrogens is 383 g/mol. The summed E-state index contributed by atoms with van der Waals surface area (Å²) in [5.74, 6) is -1.75. The summed E-state index contributed by atoms with van der Waals surface area (Å²) >= 11 is 15.3. The molecule has 0 aliphatic carbocycles. The average molecular weight is 390 g/mol. The predicted octanol–water partition coefficient (Wildman–Crippen LogP) is 4.10. The van der Waals surface area contributed by atoms with Crippen LogP contribution in [0.4, 0.5) is 5.69 Å². The highest BCUT2D eigenvalue weighted by molar-refractivity contribution is 9.10. The Hall–Kier alpha value is -1.63. The van der Waals surface area contributed by atoms with Gasteiger partial charge in [-0.3, -0.25) is 4.79 Å². The average Bonchev–Trinajstić information content (AvgIpc) is 2.42. The van der Waals surface area contributed by atoms with E-state index in [1.54, 1.807) is 12.1 Å². The second-order valence-electron chi connectivity index (χ2n) is 3.93. The molecule has 2 aromatic rings. The van der Waals surface area contributed by atoms with Gasteiger partial charge in [0.05, 0.1) is 15.7 Å². The van der Waals surface area contributed by atoms with E-state index in [1.807, 2.05) is 0 Å².